The van der Waals surface area contributed by atoms with E-state index in [2.05, 4.69) is 58.3 Å². The topological polar surface area (TPSA) is 51.6 Å². The van der Waals surface area contributed by atoms with Crippen LogP contribution in [-0.4, -0.2) is 20.2 Å². The molecular formula is C28H38N4. The van der Waals surface area contributed by atoms with E-state index in [1.54, 1.807) is 0 Å². The van der Waals surface area contributed by atoms with Gasteiger partial charge >= 0.3 is 0 Å². The van der Waals surface area contributed by atoms with Gasteiger partial charge in [0, 0.05) is 12.4 Å². The summed E-state index contributed by atoms with van der Waals surface area (Å²) in [5, 5.41) is 8.80. The van der Waals surface area contributed by atoms with Crippen molar-refractivity contribution >= 4 is 0 Å². The van der Waals surface area contributed by atoms with E-state index in [1.165, 1.54) is 75.3 Å². The molecule has 0 unspecified atom stereocenters. The number of rotatable bonds is 14. The molecule has 3 aromatic heterocycles. The molecule has 0 radical (unpaired) electrons. The van der Waals surface area contributed by atoms with Gasteiger partial charge in [-0.15, -0.1) is 10.2 Å². The van der Waals surface area contributed by atoms with Gasteiger partial charge in [-0.05, 0) is 61.1 Å². The van der Waals surface area contributed by atoms with Crippen molar-refractivity contribution in [3.8, 4) is 22.8 Å². The molecule has 0 saturated heterocycles. The summed E-state index contributed by atoms with van der Waals surface area (Å²) >= 11 is 0. The molecule has 0 N–H and O–H groups in total. The average Bonchev–Trinajstić information content (AvgIpc) is 2.85. The van der Waals surface area contributed by atoms with Gasteiger partial charge in [0.05, 0.1) is 11.4 Å². The summed E-state index contributed by atoms with van der Waals surface area (Å²) in [6.07, 6.45) is 19.2. The van der Waals surface area contributed by atoms with E-state index in [4.69, 9.17) is 0 Å². The van der Waals surface area contributed by atoms with Gasteiger partial charge in [0.2, 0.25) is 0 Å². The van der Waals surface area contributed by atoms with E-state index >= 15 is 0 Å². The molecule has 0 aromatic carbocycles. The Morgan fingerprint density at radius 1 is 0.469 bits per heavy atom. The first-order chi connectivity index (χ1) is 15.8. The van der Waals surface area contributed by atoms with Gasteiger partial charge < -0.3 is 0 Å². The third kappa shape index (κ3) is 7.81. The molecule has 0 aliphatic heterocycles. The van der Waals surface area contributed by atoms with Crippen LogP contribution in [0.1, 0.15) is 89.2 Å². The summed E-state index contributed by atoms with van der Waals surface area (Å²) in [5.41, 5.74) is 5.92. The summed E-state index contributed by atoms with van der Waals surface area (Å²) < 4.78 is 0. The first-order valence-corrected chi connectivity index (χ1v) is 12.5. The van der Waals surface area contributed by atoms with Crippen LogP contribution >= 0.6 is 0 Å². The number of aryl methyl sites for hydroxylation is 2. The van der Waals surface area contributed by atoms with Crippen molar-refractivity contribution in [2.24, 2.45) is 0 Å². The fourth-order valence-corrected chi connectivity index (χ4v) is 3.92. The van der Waals surface area contributed by atoms with Gasteiger partial charge in [0.15, 0.2) is 0 Å². The van der Waals surface area contributed by atoms with Gasteiger partial charge in [-0.3, -0.25) is 9.97 Å². The lowest BCUT2D eigenvalue weighted by Crippen LogP contribution is -1.95. The Balaban J connectivity index is 1.51. The standard InChI is InChI=1S/C28H38N4/c1-3-5-7-9-11-13-23-15-17-25(29-21-23)27-19-20-28(32-31-27)26-18-16-24(22-30-26)14-12-10-8-6-4-2/h15-22H,3-14H2,1-2H3. The highest BCUT2D eigenvalue weighted by molar-refractivity contribution is 5.59. The zero-order valence-corrected chi connectivity index (χ0v) is 19.9. The molecule has 0 amide bonds. The molecular weight excluding hydrogens is 392 g/mol. The van der Waals surface area contributed by atoms with Crippen molar-refractivity contribution in [3.05, 3.63) is 59.9 Å². The van der Waals surface area contributed by atoms with E-state index in [9.17, 15) is 0 Å². The zero-order chi connectivity index (χ0) is 22.4. The van der Waals surface area contributed by atoms with Crippen LogP contribution in [-0.2, 0) is 12.8 Å². The summed E-state index contributed by atoms with van der Waals surface area (Å²) in [6.45, 7) is 4.50. The van der Waals surface area contributed by atoms with Crippen LogP contribution in [0.15, 0.2) is 48.8 Å². The summed E-state index contributed by atoms with van der Waals surface area (Å²) in [7, 11) is 0. The minimum absolute atomic E-state index is 0.798. The molecule has 4 heteroatoms. The maximum Gasteiger partial charge on any atom is 0.111 e. The molecule has 0 spiro atoms. The van der Waals surface area contributed by atoms with Gasteiger partial charge in [-0.2, -0.15) is 0 Å². The molecule has 32 heavy (non-hydrogen) atoms. The minimum Gasteiger partial charge on any atom is -0.254 e. The monoisotopic (exact) mass is 430 g/mol. The predicted octanol–water partition coefficient (Wildman–Crippen LogP) is 7.63. The SMILES string of the molecule is CCCCCCCc1ccc(-c2ccc(-c3ccc(CCCCCCC)cn3)nn2)nc1. The quantitative estimate of drug-likeness (QED) is 0.247. The van der Waals surface area contributed by atoms with Crippen molar-refractivity contribution in [3.63, 3.8) is 0 Å². The summed E-state index contributed by atoms with van der Waals surface area (Å²) in [6, 6.07) is 12.4. The Labute approximate surface area is 194 Å². The molecule has 3 rings (SSSR count). The van der Waals surface area contributed by atoms with Crippen molar-refractivity contribution in [1.82, 2.24) is 20.2 Å². The number of nitrogens with zero attached hydrogens (tertiary/aromatic N) is 4. The molecule has 3 aromatic rings. The lowest BCUT2D eigenvalue weighted by Gasteiger charge is -2.05. The minimum atomic E-state index is 0.798. The second kappa shape index (κ2) is 13.7. The Morgan fingerprint density at radius 3 is 1.22 bits per heavy atom. The molecule has 0 fully saturated rings. The molecule has 3 heterocycles. The van der Waals surface area contributed by atoms with Crippen LogP contribution < -0.4 is 0 Å². The van der Waals surface area contributed by atoms with Crippen molar-refractivity contribution < 1.29 is 0 Å². The normalized spacial score (nSPS) is 11.1. The second-order valence-corrected chi connectivity index (χ2v) is 8.74. The number of hydrogen-bond donors (Lipinski definition) is 0. The van der Waals surface area contributed by atoms with Gasteiger partial charge in [0.1, 0.15) is 11.4 Å². The average molecular weight is 431 g/mol. The zero-order valence-electron chi connectivity index (χ0n) is 19.9. The van der Waals surface area contributed by atoms with E-state index in [0.29, 0.717) is 0 Å². The molecule has 0 aliphatic carbocycles. The molecule has 0 atom stereocenters. The van der Waals surface area contributed by atoms with Gasteiger partial charge in [0.25, 0.3) is 0 Å². The highest BCUT2D eigenvalue weighted by Gasteiger charge is 2.06. The third-order valence-electron chi connectivity index (χ3n) is 5.98. The summed E-state index contributed by atoms with van der Waals surface area (Å²) in [4.78, 5) is 9.21. The Kier molecular flexibility index (Phi) is 10.3. The van der Waals surface area contributed by atoms with Crippen LogP contribution in [0.25, 0.3) is 22.8 Å². The van der Waals surface area contributed by atoms with Crippen molar-refractivity contribution in [2.75, 3.05) is 0 Å². The highest BCUT2D eigenvalue weighted by atomic mass is 15.1. The lowest BCUT2D eigenvalue weighted by atomic mass is 10.1. The van der Waals surface area contributed by atoms with Crippen LogP contribution in [0.3, 0.4) is 0 Å². The first-order valence-electron chi connectivity index (χ1n) is 12.5. The summed E-state index contributed by atoms with van der Waals surface area (Å²) in [5.74, 6) is 0. The Bertz CT molecular complexity index is 810. The van der Waals surface area contributed by atoms with Gasteiger partial charge in [-0.1, -0.05) is 77.3 Å². The van der Waals surface area contributed by atoms with Gasteiger partial charge in [-0.25, -0.2) is 0 Å². The van der Waals surface area contributed by atoms with Crippen molar-refractivity contribution in [2.45, 2.75) is 90.9 Å². The molecule has 170 valence electrons. The van der Waals surface area contributed by atoms with Crippen LogP contribution in [0, 0.1) is 0 Å². The third-order valence-corrected chi connectivity index (χ3v) is 5.98. The van der Waals surface area contributed by atoms with E-state index in [0.717, 1.165) is 35.6 Å². The molecule has 0 saturated carbocycles. The smallest absolute Gasteiger partial charge is 0.111 e. The van der Waals surface area contributed by atoms with E-state index < -0.39 is 0 Å². The Hall–Kier alpha value is -2.62. The molecule has 0 bridgehead atoms. The maximum absolute atomic E-state index is 4.61. The fourth-order valence-electron chi connectivity index (χ4n) is 3.92. The predicted molar refractivity (Wildman–Crippen MR) is 133 cm³/mol. The lowest BCUT2D eigenvalue weighted by molar-refractivity contribution is 0.632. The molecule has 4 nitrogen and oxygen atoms in total. The maximum atomic E-state index is 4.61. The second-order valence-electron chi connectivity index (χ2n) is 8.74. The number of unbranched alkanes of at least 4 members (excludes halogenated alkanes) is 8. The highest BCUT2D eigenvalue weighted by Crippen LogP contribution is 2.19. The van der Waals surface area contributed by atoms with Crippen LogP contribution in [0.4, 0.5) is 0 Å². The van der Waals surface area contributed by atoms with Crippen LogP contribution in [0.5, 0.6) is 0 Å². The molecule has 0 aliphatic rings. The van der Waals surface area contributed by atoms with E-state index in [-0.39, 0.29) is 0 Å². The largest absolute Gasteiger partial charge is 0.254 e. The van der Waals surface area contributed by atoms with Crippen LogP contribution in [0.2, 0.25) is 0 Å². The fraction of sp³-hybridized carbons (Fsp3) is 0.500. The van der Waals surface area contributed by atoms with E-state index in [1.807, 2.05) is 24.5 Å². The number of aromatic nitrogens is 4. The number of pyridine rings is 2. The Morgan fingerprint density at radius 2 is 0.875 bits per heavy atom. The first kappa shape index (κ1) is 24.0. The van der Waals surface area contributed by atoms with Crippen molar-refractivity contribution in [1.29, 1.82) is 0 Å². The number of hydrogen-bond acceptors (Lipinski definition) is 4.